The summed E-state index contributed by atoms with van der Waals surface area (Å²) in [5.41, 5.74) is 1.55. The van der Waals surface area contributed by atoms with Crippen molar-refractivity contribution >= 4 is 39.9 Å². The molecule has 0 radical (unpaired) electrons. The molecule has 7 nitrogen and oxygen atoms in total. The van der Waals surface area contributed by atoms with E-state index in [4.69, 9.17) is 11.6 Å². The minimum atomic E-state index is -0.139. The molecule has 1 aliphatic rings. The zero-order valence-corrected chi connectivity index (χ0v) is 17.7. The normalized spacial score (nSPS) is 14.5. The van der Waals surface area contributed by atoms with Crippen LogP contribution in [0.15, 0.2) is 54.6 Å². The Kier molecular flexibility index (Phi) is 6.37. The zero-order valence-electron chi connectivity index (χ0n) is 16.1. The Bertz CT molecular complexity index is 1030. The number of nitrogens with one attached hydrogen (secondary N) is 1. The number of aromatic nitrogens is 2. The third-order valence-corrected chi connectivity index (χ3v) is 5.91. The predicted molar refractivity (Wildman–Crippen MR) is 118 cm³/mol. The van der Waals surface area contributed by atoms with Gasteiger partial charge in [-0.2, -0.15) is 0 Å². The van der Waals surface area contributed by atoms with Gasteiger partial charge in [-0.05, 0) is 18.2 Å². The summed E-state index contributed by atoms with van der Waals surface area (Å²) in [5.74, 6) is -0.177. The van der Waals surface area contributed by atoms with Crippen molar-refractivity contribution in [3.63, 3.8) is 0 Å². The van der Waals surface area contributed by atoms with Crippen LogP contribution in [-0.4, -0.2) is 64.5 Å². The minimum absolute atomic E-state index is 0.0381. The van der Waals surface area contributed by atoms with Crippen molar-refractivity contribution in [2.75, 3.05) is 38.0 Å². The van der Waals surface area contributed by atoms with Gasteiger partial charge in [0.05, 0.1) is 6.54 Å². The topological polar surface area (TPSA) is 78.4 Å². The van der Waals surface area contributed by atoms with E-state index in [1.807, 2.05) is 35.2 Å². The van der Waals surface area contributed by atoms with E-state index in [-0.39, 0.29) is 18.4 Å². The first kappa shape index (κ1) is 20.5. The number of carbonyl (C=O) groups is 2. The summed E-state index contributed by atoms with van der Waals surface area (Å²) >= 11 is 7.32. The second-order valence-electron chi connectivity index (χ2n) is 6.91. The molecule has 9 heteroatoms. The van der Waals surface area contributed by atoms with Gasteiger partial charge >= 0.3 is 0 Å². The highest BCUT2D eigenvalue weighted by molar-refractivity contribution is 7.18. The van der Waals surface area contributed by atoms with Crippen LogP contribution in [0.25, 0.3) is 10.6 Å². The van der Waals surface area contributed by atoms with Gasteiger partial charge in [0, 0.05) is 42.3 Å². The molecule has 30 heavy (non-hydrogen) atoms. The maximum atomic E-state index is 12.6. The lowest BCUT2D eigenvalue weighted by atomic mass is 10.2. The van der Waals surface area contributed by atoms with Crippen molar-refractivity contribution in [3.8, 4) is 10.6 Å². The molecule has 0 spiro atoms. The number of carbonyl (C=O) groups excluding carboxylic acids is 2. The quantitative estimate of drug-likeness (QED) is 0.657. The van der Waals surface area contributed by atoms with E-state index in [9.17, 15) is 9.59 Å². The molecule has 0 aliphatic carbocycles. The van der Waals surface area contributed by atoms with Gasteiger partial charge in [-0.25, -0.2) is 0 Å². The van der Waals surface area contributed by atoms with Gasteiger partial charge in [-0.1, -0.05) is 59.3 Å². The summed E-state index contributed by atoms with van der Waals surface area (Å²) in [6, 6.07) is 16.7. The average molecular weight is 442 g/mol. The monoisotopic (exact) mass is 441 g/mol. The predicted octanol–water partition coefficient (Wildman–Crippen LogP) is 3.26. The van der Waals surface area contributed by atoms with Crippen molar-refractivity contribution in [2.24, 2.45) is 0 Å². The van der Waals surface area contributed by atoms with Crippen molar-refractivity contribution in [3.05, 3.63) is 65.2 Å². The third-order valence-electron chi connectivity index (χ3n) is 4.79. The lowest BCUT2D eigenvalue weighted by Gasteiger charge is -2.34. The van der Waals surface area contributed by atoms with Crippen molar-refractivity contribution in [2.45, 2.75) is 0 Å². The van der Waals surface area contributed by atoms with Crippen LogP contribution in [0.2, 0.25) is 5.02 Å². The second-order valence-corrected chi connectivity index (χ2v) is 8.32. The Morgan fingerprint density at radius 3 is 2.50 bits per heavy atom. The Labute approximate surface area is 183 Å². The summed E-state index contributed by atoms with van der Waals surface area (Å²) in [5, 5.41) is 12.8. The number of piperazine rings is 1. The second kappa shape index (κ2) is 9.34. The van der Waals surface area contributed by atoms with E-state index < -0.39 is 0 Å². The lowest BCUT2D eigenvalue weighted by Crippen LogP contribution is -2.50. The van der Waals surface area contributed by atoms with Crippen LogP contribution in [0.1, 0.15) is 10.4 Å². The van der Waals surface area contributed by atoms with Gasteiger partial charge in [-0.3, -0.25) is 19.8 Å². The Morgan fingerprint density at radius 2 is 1.77 bits per heavy atom. The summed E-state index contributed by atoms with van der Waals surface area (Å²) in [6.45, 7) is 2.64. The fourth-order valence-electron chi connectivity index (χ4n) is 3.25. The van der Waals surface area contributed by atoms with Crippen molar-refractivity contribution in [1.29, 1.82) is 0 Å². The molecule has 1 saturated heterocycles. The molecule has 0 saturated carbocycles. The molecule has 154 valence electrons. The fourth-order valence-corrected chi connectivity index (χ4v) is 4.20. The van der Waals surface area contributed by atoms with Gasteiger partial charge in [-0.15, -0.1) is 10.2 Å². The molecular formula is C21H20ClN5O2S. The SMILES string of the molecule is O=C(CN1CCN(C(=O)c2cccc(Cl)c2)CC1)Nc1nnc(-c2ccccc2)s1. The van der Waals surface area contributed by atoms with Crippen LogP contribution >= 0.6 is 22.9 Å². The maximum absolute atomic E-state index is 12.6. The average Bonchev–Trinajstić information content (AvgIpc) is 3.23. The third kappa shape index (κ3) is 5.02. The van der Waals surface area contributed by atoms with E-state index in [0.29, 0.717) is 41.9 Å². The molecule has 0 unspecified atom stereocenters. The Morgan fingerprint density at radius 1 is 1.00 bits per heavy atom. The Balaban J connectivity index is 1.26. The highest BCUT2D eigenvalue weighted by atomic mass is 35.5. The zero-order chi connectivity index (χ0) is 20.9. The van der Waals surface area contributed by atoms with Gasteiger partial charge in [0.2, 0.25) is 11.0 Å². The summed E-state index contributed by atoms with van der Waals surface area (Å²) in [6.07, 6.45) is 0. The molecule has 1 fully saturated rings. The Hall–Kier alpha value is -2.81. The first-order valence-electron chi connectivity index (χ1n) is 9.54. The molecule has 0 atom stereocenters. The standard InChI is InChI=1S/C21H20ClN5O2S/c22-17-8-4-7-16(13-17)20(29)27-11-9-26(10-12-27)14-18(28)23-21-25-24-19(30-21)15-5-2-1-3-6-15/h1-8,13H,9-12,14H2,(H,23,25,28). The smallest absolute Gasteiger partial charge is 0.253 e. The number of hydrogen-bond acceptors (Lipinski definition) is 6. The number of anilines is 1. The molecule has 1 aliphatic heterocycles. The van der Waals surface area contributed by atoms with Crippen LogP contribution in [0.5, 0.6) is 0 Å². The summed E-state index contributed by atoms with van der Waals surface area (Å²) in [7, 11) is 0. The number of rotatable bonds is 5. The fraction of sp³-hybridized carbons (Fsp3) is 0.238. The summed E-state index contributed by atoms with van der Waals surface area (Å²) in [4.78, 5) is 28.8. The molecule has 0 bridgehead atoms. The number of hydrogen-bond donors (Lipinski definition) is 1. The number of nitrogens with zero attached hydrogens (tertiary/aromatic N) is 4. The van der Waals surface area contributed by atoms with E-state index in [1.54, 1.807) is 29.2 Å². The molecule has 1 N–H and O–H groups in total. The van der Waals surface area contributed by atoms with Gasteiger partial charge in [0.15, 0.2) is 0 Å². The van der Waals surface area contributed by atoms with Crippen LogP contribution < -0.4 is 5.32 Å². The van der Waals surface area contributed by atoms with Gasteiger partial charge < -0.3 is 4.90 Å². The van der Waals surface area contributed by atoms with E-state index >= 15 is 0 Å². The molecule has 2 aromatic carbocycles. The van der Waals surface area contributed by atoms with Gasteiger partial charge in [0.1, 0.15) is 5.01 Å². The van der Waals surface area contributed by atoms with Gasteiger partial charge in [0.25, 0.3) is 5.91 Å². The lowest BCUT2D eigenvalue weighted by molar-refractivity contribution is -0.117. The van der Waals surface area contributed by atoms with Crippen LogP contribution in [-0.2, 0) is 4.79 Å². The van der Waals surface area contributed by atoms with Crippen LogP contribution in [0.4, 0.5) is 5.13 Å². The van der Waals surface area contributed by atoms with Crippen LogP contribution in [0.3, 0.4) is 0 Å². The maximum Gasteiger partial charge on any atom is 0.253 e. The van der Waals surface area contributed by atoms with E-state index in [1.165, 1.54) is 11.3 Å². The molecular weight excluding hydrogens is 422 g/mol. The van der Waals surface area contributed by atoms with E-state index in [0.717, 1.165) is 10.6 Å². The first-order chi connectivity index (χ1) is 14.6. The van der Waals surface area contributed by atoms with Crippen molar-refractivity contribution < 1.29 is 9.59 Å². The molecule has 2 amide bonds. The number of benzene rings is 2. The van der Waals surface area contributed by atoms with E-state index in [2.05, 4.69) is 15.5 Å². The minimum Gasteiger partial charge on any atom is -0.336 e. The number of halogens is 1. The molecule has 3 aromatic rings. The molecule has 2 heterocycles. The highest BCUT2D eigenvalue weighted by Crippen LogP contribution is 2.25. The van der Waals surface area contributed by atoms with Crippen molar-refractivity contribution in [1.82, 2.24) is 20.0 Å². The number of amides is 2. The first-order valence-corrected chi connectivity index (χ1v) is 10.7. The molecule has 4 rings (SSSR count). The summed E-state index contributed by atoms with van der Waals surface area (Å²) < 4.78 is 0. The van der Waals surface area contributed by atoms with Crippen LogP contribution in [0, 0.1) is 0 Å². The largest absolute Gasteiger partial charge is 0.336 e. The highest BCUT2D eigenvalue weighted by Gasteiger charge is 2.23. The molecule has 1 aromatic heterocycles.